The fraction of sp³-hybridized carbons (Fsp3) is 0.333. The fourth-order valence-corrected chi connectivity index (χ4v) is 1.68. The van der Waals surface area contributed by atoms with Gasteiger partial charge >= 0.3 is 12.6 Å². The highest BCUT2D eigenvalue weighted by atomic mass is 79.9. The van der Waals surface area contributed by atoms with Crippen LogP contribution in [-0.4, -0.2) is 31.1 Å². The van der Waals surface area contributed by atoms with Gasteiger partial charge in [0.15, 0.2) is 0 Å². The Balaban J connectivity index is 3.10. The van der Waals surface area contributed by atoms with Crippen LogP contribution in [0.1, 0.15) is 17.3 Å². The Hall–Kier alpha value is -1.64. The predicted octanol–water partition coefficient (Wildman–Crippen LogP) is 3.27. The minimum Gasteiger partial charge on any atom is -0.463 e. The Morgan fingerprint density at radius 2 is 1.90 bits per heavy atom. The molecule has 1 atom stereocenters. The van der Waals surface area contributed by atoms with Crippen LogP contribution in [0.2, 0.25) is 0 Å². The zero-order valence-electron chi connectivity index (χ0n) is 10.5. The van der Waals surface area contributed by atoms with Crippen molar-refractivity contribution in [3.05, 3.63) is 28.0 Å². The fourth-order valence-electron chi connectivity index (χ4n) is 1.36. The van der Waals surface area contributed by atoms with Crippen LogP contribution in [0.5, 0.6) is 5.75 Å². The Labute approximate surface area is 125 Å². The molecule has 1 aromatic carbocycles. The predicted molar refractivity (Wildman–Crippen MR) is 66.6 cm³/mol. The molecule has 0 saturated carbocycles. The van der Waals surface area contributed by atoms with Gasteiger partial charge in [0.1, 0.15) is 11.6 Å². The lowest BCUT2D eigenvalue weighted by molar-refractivity contribution is -0.147. The molecule has 0 radical (unpaired) electrons. The van der Waals surface area contributed by atoms with E-state index < -0.39 is 46.1 Å². The van der Waals surface area contributed by atoms with Crippen LogP contribution >= 0.6 is 15.9 Å². The average molecular weight is 373 g/mol. The summed E-state index contributed by atoms with van der Waals surface area (Å²) in [5.41, 5.74) is -0.632. The monoisotopic (exact) mass is 372 g/mol. The molecule has 0 aliphatic rings. The first kappa shape index (κ1) is 17.4. The SMILES string of the molecule is CCOC(=O)C(F)C(=O)c1cc(F)c(Br)c(OC(F)F)c1. The lowest BCUT2D eigenvalue weighted by Crippen LogP contribution is -2.28. The lowest BCUT2D eigenvalue weighted by atomic mass is 10.1. The summed E-state index contributed by atoms with van der Waals surface area (Å²) in [5.74, 6) is -4.67. The van der Waals surface area contributed by atoms with E-state index in [1.807, 2.05) is 0 Å². The van der Waals surface area contributed by atoms with Gasteiger partial charge < -0.3 is 9.47 Å². The largest absolute Gasteiger partial charge is 0.463 e. The molecule has 116 valence electrons. The van der Waals surface area contributed by atoms with E-state index in [0.717, 1.165) is 0 Å². The molecule has 21 heavy (non-hydrogen) atoms. The molecular weight excluding hydrogens is 364 g/mol. The second-order valence-electron chi connectivity index (χ2n) is 3.63. The molecule has 1 rings (SSSR count). The van der Waals surface area contributed by atoms with Crippen LogP contribution in [0.15, 0.2) is 16.6 Å². The van der Waals surface area contributed by atoms with Gasteiger partial charge in [0.2, 0.25) is 5.78 Å². The van der Waals surface area contributed by atoms with Gasteiger partial charge in [-0.25, -0.2) is 13.6 Å². The number of ketones is 1. The van der Waals surface area contributed by atoms with Crippen molar-refractivity contribution < 1.29 is 36.6 Å². The smallest absolute Gasteiger partial charge is 0.387 e. The number of carbonyl (C=O) groups excluding carboxylic acids is 2. The topological polar surface area (TPSA) is 52.6 Å². The van der Waals surface area contributed by atoms with Crippen LogP contribution in [0.4, 0.5) is 17.6 Å². The molecule has 0 saturated heterocycles. The van der Waals surface area contributed by atoms with Crippen LogP contribution in [0.3, 0.4) is 0 Å². The van der Waals surface area contributed by atoms with E-state index in [1.165, 1.54) is 6.92 Å². The minimum atomic E-state index is -3.27. The number of ether oxygens (including phenoxy) is 2. The van der Waals surface area contributed by atoms with Crippen molar-refractivity contribution in [3.8, 4) is 5.75 Å². The number of carbonyl (C=O) groups is 2. The molecule has 0 fully saturated rings. The van der Waals surface area contributed by atoms with Crippen molar-refractivity contribution in [2.24, 2.45) is 0 Å². The van der Waals surface area contributed by atoms with Crippen LogP contribution in [0.25, 0.3) is 0 Å². The van der Waals surface area contributed by atoms with E-state index in [4.69, 9.17) is 0 Å². The van der Waals surface area contributed by atoms with Crippen molar-refractivity contribution >= 4 is 27.7 Å². The number of hydrogen-bond acceptors (Lipinski definition) is 4. The summed E-state index contributed by atoms with van der Waals surface area (Å²) >= 11 is 2.65. The summed E-state index contributed by atoms with van der Waals surface area (Å²) in [6, 6.07) is 1.30. The van der Waals surface area contributed by atoms with Gasteiger partial charge in [-0.05, 0) is 35.0 Å². The third-order valence-electron chi connectivity index (χ3n) is 2.22. The maximum absolute atomic E-state index is 13.5. The van der Waals surface area contributed by atoms with Crippen LogP contribution in [0, 0.1) is 5.82 Å². The van der Waals surface area contributed by atoms with E-state index in [0.29, 0.717) is 12.1 Å². The molecule has 9 heteroatoms. The van der Waals surface area contributed by atoms with Crippen molar-refractivity contribution in [3.63, 3.8) is 0 Å². The number of esters is 1. The third-order valence-corrected chi connectivity index (χ3v) is 2.99. The van der Waals surface area contributed by atoms with Gasteiger partial charge in [-0.2, -0.15) is 8.78 Å². The van der Waals surface area contributed by atoms with E-state index in [9.17, 15) is 27.2 Å². The third kappa shape index (κ3) is 4.42. The van der Waals surface area contributed by atoms with E-state index in [1.54, 1.807) is 0 Å². The first-order valence-corrected chi connectivity index (χ1v) is 6.36. The van der Waals surface area contributed by atoms with E-state index >= 15 is 0 Å². The Bertz CT molecular complexity index is 550. The second kappa shape index (κ2) is 7.39. The van der Waals surface area contributed by atoms with Gasteiger partial charge in [-0.3, -0.25) is 4.79 Å². The zero-order chi connectivity index (χ0) is 16.2. The molecule has 0 aliphatic carbocycles. The summed E-state index contributed by atoms with van der Waals surface area (Å²) in [6.07, 6.45) is -2.68. The molecular formula is C12H9BrF4O4. The quantitative estimate of drug-likeness (QED) is 0.333. The number of benzene rings is 1. The molecule has 4 nitrogen and oxygen atoms in total. The van der Waals surface area contributed by atoms with Crippen molar-refractivity contribution in [2.75, 3.05) is 6.61 Å². The summed E-state index contributed by atoms with van der Waals surface area (Å²) in [5, 5.41) is 0. The second-order valence-corrected chi connectivity index (χ2v) is 4.42. The van der Waals surface area contributed by atoms with Crippen molar-refractivity contribution in [1.82, 2.24) is 0 Å². The number of Topliss-reactive ketones (excluding diaryl/α,β-unsaturated/α-hetero) is 1. The highest BCUT2D eigenvalue weighted by Crippen LogP contribution is 2.31. The molecule has 0 aliphatic heterocycles. The molecule has 1 unspecified atom stereocenters. The summed E-state index contributed by atoms with van der Waals surface area (Å²) < 4.78 is 59.2. The normalized spacial score (nSPS) is 12.1. The van der Waals surface area contributed by atoms with Gasteiger partial charge in [0.25, 0.3) is 6.17 Å². The minimum absolute atomic E-state index is 0.152. The van der Waals surface area contributed by atoms with Gasteiger partial charge in [-0.15, -0.1) is 0 Å². The summed E-state index contributed by atoms with van der Waals surface area (Å²) in [4.78, 5) is 22.8. The van der Waals surface area contributed by atoms with Gasteiger partial charge in [0.05, 0.1) is 11.1 Å². The molecule has 0 bridgehead atoms. The Morgan fingerprint density at radius 3 is 2.43 bits per heavy atom. The lowest BCUT2D eigenvalue weighted by Gasteiger charge is -2.11. The van der Waals surface area contributed by atoms with Crippen molar-refractivity contribution in [2.45, 2.75) is 19.7 Å². The van der Waals surface area contributed by atoms with E-state index in [2.05, 4.69) is 25.4 Å². The summed E-state index contributed by atoms with van der Waals surface area (Å²) in [6.45, 7) is -2.01. The van der Waals surface area contributed by atoms with Gasteiger partial charge in [0, 0.05) is 5.56 Å². The number of rotatable bonds is 6. The Morgan fingerprint density at radius 1 is 1.29 bits per heavy atom. The maximum Gasteiger partial charge on any atom is 0.387 e. The molecule has 0 heterocycles. The molecule has 1 aromatic rings. The van der Waals surface area contributed by atoms with Gasteiger partial charge in [-0.1, -0.05) is 0 Å². The first-order chi connectivity index (χ1) is 9.77. The molecule has 0 N–H and O–H groups in total. The van der Waals surface area contributed by atoms with E-state index in [-0.39, 0.29) is 6.61 Å². The van der Waals surface area contributed by atoms with Crippen molar-refractivity contribution in [1.29, 1.82) is 0 Å². The zero-order valence-corrected chi connectivity index (χ0v) is 12.1. The average Bonchev–Trinajstić information content (AvgIpc) is 2.41. The van der Waals surface area contributed by atoms with Crippen LogP contribution < -0.4 is 4.74 Å². The number of alkyl halides is 3. The highest BCUT2D eigenvalue weighted by Gasteiger charge is 2.30. The maximum atomic E-state index is 13.5. The van der Waals surface area contributed by atoms with Crippen LogP contribution in [-0.2, 0) is 9.53 Å². The molecule has 0 amide bonds. The summed E-state index contributed by atoms with van der Waals surface area (Å²) in [7, 11) is 0. The molecule has 0 spiro atoms. The molecule has 0 aromatic heterocycles. The first-order valence-electron chi connectivity index (χ1n) is 5.56. The number of hydrogen-bond donors (Lipinski definition) is 0. The number of halogens is 5. The Kier molecular flexibility index (Phi) is 6.13. The highest BCUT2D eigenvalue weighted by molar-refractivity contribution is 9.10. The standard InChI is InChI=1S/C12H9BrF4O4/c1-2-20-11(19)9(15)10(18)5-3-6(14)8(13)7(4-5)21-12(16)17/h3-4,9,12H,2H2,1H3.